The van der Waals surface area contributed by atoms with Gasteiger partial charge >= 0.3 is 0 Å². The Balaban J connectivity index is 2.61. The number of thioether (sulfide) groups is 1. The van der Waals surface area contributed by atoms with Gasteiger partial charge in [-0.15, -0.1) is 11.8 Å². The van der Waals surface area contributed by atoms with Crippen molar-refractivity contribution in [3.63, 3.8) is 0 Å². The highest BCUT2D eigenvalue weighted by Gasteiger charge is 2.06. The predicted molar refractivity (Wildman–Crippen MR) is 83.4 cm³/mol. The highest BCUT2D eigenvalue weighted by molar-refractivity contribution is 7.99. The van der Waals surface area contributed by atoms with Crippen LogP contribution in [0, 0.1) is 6.92 Å². The first kappa shape index (κ1) is 15.4. The summed E-state index contributed by atoms with van der Waals surface area (Å²) >= 11 is 1.75. The van der Waals surface area contributed by atoms with Crippen LogP contribution in [0.4, 0.5) is 0 Å². The second-order valence-electron chi connectivity index (χ2n) is 4.21. The van der Waals surface area contributed by atoms with Crippen LogP contribution in [0.3, 0.4) is 0 Å². The fourth-order valence-corrected chi connectivity index (χ4v) is 2.63. The Labute approximate surface area is 118 Å². The number of nitrogens with zero attached hydrogens (tertiary/aromatic N) is 2. The summed E-state index contributed by atoms with van der Waals surface area (Å²) in [5.74, 6) is 0.917. The largest absolute Gasteiger partial charge is 0.370 e. The summed E-state index contributed by atoms with van der Waals surface area (Å²) in [6.45, 7) is 4.14. The lowest BCUT2D eigenvalue weighted by atomic mass is 10.2. The Morgan fingerprint density at radius 3 is 2.63 bits per heavy atom. The van der Waals surface area contributed by atoms with Crippen LogP contribution in [0.15, 0.2) is 39.1 Å². The van der Waals surface area contributed by atoms with Gasteiger partial charge in [-0.05, 0) is 25.5 Å². The molecule has 0 heterocycles. The van der Waals surface area contributed by atoms with Crippen molar-refractivity contribution in [1.82, 2.24) is 0 Å². The molecule has 6 N–H and O–H groups in total. The molecular weight excluding hydrogens is 258 g/mol. The van der Waals surface area contributed by atoms with E-state index in [1.807, 2.05) is 0 Å². The molecule has 1 aromatic carbocycles. The van der Waals surface area contributed by atoms with Crippen molar-refractivity contribution in [2.75, 3.05) is 5.75 Å². The Morgan fingerprint density at radius 1 is 1.32 bits per heavy atom. The fraction of sp³-hybridized carbons (Fsp3) is 0.385. The second-order valence-corrected chi connectivity index (χ2v) is 5.31. The van der Waals surface area contributed by atoms with Gasteiger partial charge < -0.3 is 17.2 Å². The molecule has 0 spiro atoms. The summed E-state index contributed by atoms with van der Waals surface area (Å²) in [6.07, 6.45) is 0.888. The summed E-state index contributed by atoms with van der Waals surface area (Å²) in [7, 11) is 0. The SMILES string of the molecule is CCC(CSc1cccc(C)c1)N=C(N)N=C(N)N. The van der Waals surface area contributed by atoms with Crippen LogP contribution in [0.2, 0.25) is 0 Å². The highest BCUT2D eigenvalue weighted by Crippen LogP contribution is 2.21. The van der Waals surface area contributed by atoms with Gasteiger partial charge in [0.1, 0.15) is 0 Å². The third-order valence-electron chi connectivity index (χ3n) is 2.46. The van der Waals surface area contributed by atoms with Gasteiger partial charge in [0.05, 0.1) is 6.04 Å². The first-order chi connectivity index (χ1) is 9.01. The van der Waals surface area contributed by atoms with Crippen LogP contribution in [0.25, 0.3) is 0 Å². The first-order valence-electron chi connectivity index (χ1n) is 6.13. The van der Waals surface area contributed by atoms with Crippen LogP contribution >= 0.6 is 11.8 Å². The fourth-order valence-electron chi connectivity index (χ4n) is 1.49. The number of hydrogen-bond donors (Lipinski definition) is 3. The van der Waals surface area contributed by atoms with Crippen LogP contribution in [0.5, 0.6) is 0 Å². The van der Waals surface area contributed by atoms with Crippen molar-refractivity contribution in [3.8, 4) is 0 Å². The Hall–Kier alpha value is -1.69. The third kappa shape index (κ3) is 6.15. The first-order valence-corrected chi connectivity index (χ1v) is 7.12. The number of aryl methyl sites for hydroxylation is 1. The standard InChI is InChI=1S/C13H21N5S/c1-3-10(17-13(16)18-12(14)15)8-19-11-6-4-5-9(2)7-11/h4-7,10H,3,8H2,1-2H3,(H6,14,15,16,17,18). The minimum atomic E-state index is -0.0672. The molecule has 1 atom stereocenters. The Bertz CT molecular complexity index is 466. The Kier molecular flexibility index (Phi) is 6.21. The van der Waals surface area contributed by atoms with E-state index < -0.39 is 0 Å². The smallest absolute Gasteiger partial charge is 0.218 e. The molecule has 0 fully saturated rings. The van der Waals surface area contributed by atoms with E-state index in [-0.39, 0.29) is 18.0 Å². The van der Waals surface area contributed by atoms with Crippen molar-refractivity contribution in [2.45, 2.75) is 31.2 Å². The number of aliphatic imine (C=N–C) groups is 2. The molecule has 0 aliphatic rings. The second kappa shape index (κ2) is 7.68. The van der Waals surface area contributed by atoms with Gasteiger partial charge in [0, 0.05) is 10.6 Å². The third-order valence-corrected chi connectivity index (χ3v) is 3.60. The lowest BCUT2D eigenvalue weighted by Gasteiger charge is -2.10. The normalized spacial score (nSPS) is 13.1. The maximum atomic E-state index is 5.64. The number of benzene rings is 1. The van der Waals surface area contributed by atoms with Gasteiger partial charge in [-0.3, -0.25) is 0 Å². The van der Waals surface area contributed by atoms with E-state index in [1.54, 1.807) is 11.8 Å². The number of guanidine groups is 2. The molecular formula is C13H21N5S. The molecule has 1 unspecified atom stereocenters. The molecule has 0 bridgehead atoms. The van der Waals surface area contributed by atoms with E-state index in [0.717, 1.165) is 12.2 Å². The maximum absolute atomic E-state index is 5.64. The number of nitrogens with two attached hydrogens (primary N) is 3. The molecule has 1 rings (SSSR count). The zero-order chi connectivity index (χ0) is 14.3. The van der Waals surface area contributed by atoms with Crippen molar-refractivity contribution in [2.24, 2.45) is 27.2 Å². The molecule has 0 radical (unpaired) electrons. The molecule has 1 aromatic rings. The lowest BCUT2D eigenvalue weighted by Crippen LogP contribution is -2.27. The summed E-state index contributed by atoms with van der Waals surface area (Å²) in [4.78, 5) is 9.25. The number of rotatable bonds is 5. The van der Waals surface area contributed by atoms with Crippen molar-refractivity contribution in [3.05, 3.63) is 29.8 Å². The molecule has 0 aliphatic carbocycles. The van der Waals surface area contributed by atoms with Gasteiger partial charge in [-0.1, -0.05) is 24.6 Å². The van der Waals surface area contributed by atoms with E-state index >= 15 is 0 Å². The lowest BCUT2D eigenvalue weighted by molar-refractivity contribution is 0.724. The quantitative estimate of drug-likeness (QED) is 0.431. The van der Waals surface area contributed by atoms with Crippen molar-refractivity contribution >= 4 is 23.7 Å². The molecule has 0 amide bonds. The monoisotopic (exact) mass is 279 g/mol. The minimum Gasteiger partial charge on any atom is -0.370 e. The van der Waals surface area contributed by atoms with Crippen LogP contribution in [-0.2, 0) is 0 Å². The average Bonchev–Trinajstić information content (AvgIpc) is 2.33. The summed E-state index contributed by atoms with van der Waals surface area (Å²) in [5.41, 5.74) is 17.4. The zero-order valence-corrected chi connectivity index (χ0v) is 12.2. The minimum absolute atomic E-state index is 0.0672. The van der Waals surface area contributed by atoms with Gasteiger partial charge in [0.15, 0.2) is 5.96 Å². The highest BCUT2D eigenvalue weighted by atomic mass is 32.2. The van der Waals surface area contributed by atoms with Gasteiger partial charge in [0.2, 0.25) is 5.96 Å². The van der Waals surface area contributed by atoms with Gasteiger partial charge in [-0.2, -0.15) is 4.99 Å². The van der Waals surface area contributed by atoms with E-state index in [1.165, 1.54) is 10.5 Å². The van der Waals surface area contributed by atoms with Crippen molar-refractivity contribution < 1.29 is 0 Å². The van der Waals surface area contributed by atoms with E-state index in [9.17, 15) is 0 Å². The van der Waals surface area contributed by atoms with Gasteiger partial charge in [0.25, 0.3) is 0 Å². The average molecular weight is 279 g/mol. The predicted octanol–water partition coefficient (Wildman–Crippen LogP) is 1.45. The zero-order valence-electron chi connectivity index (χ0n) is 11.3. The summed E-state index contributed by atoms with van der Waals surface area (Å²) in [6, 6.07) is 8.48. The van der Waals surface area contributed by atoms with E-state index in [0.29, 0.717) is 0 Å². The summed E-state index contributed by atoms with van der Waals surface area (Å²) in [5, 5.41) is 0. The molecule has 0 saturated carbocycles. The van der Waals surface area contributed by atoms with Crippen LogP contribution < -0.4 is 17.2 Å². The van der Waals surface area contributed by atoms with Crippen LogP contribution in [0.1, 0.15) is 18.9 Å². The molecule has 5 nitrogen and oxygen atoms in total. The number of hydrogen-bond acceptors (Lipinski definition) is 2. The Morgan fingerprint density at radius 2 is 2.05 bits per heavy atom. The summed E-state index contributed by atoms with van der Waals surface area (Å²) < 4.78 is 0. The molecule has 0 aromatic heterocycles. The van der Waals surface area contributed by atoms with Crippen molar-refractivity contribution in [1.29, 1.82) is 0 Å². The molecule has 0 saturated heterocycles. The molecule has 104 valence electrons. The van der Waals surface area contributed by atoms with Crippen LogP contribution in [-0.4, -0.2) is 23.7 Å². The molecule has 19 heavy (non-hydrogen) atoms. The van der Waals surface area contributed by atoms with E-state index in [4.69, 9.17) is 17.2 Å². The maximum Gasteiger partial charge on any atom is 0.218 e. The van der Waals surface area contributed by atoms with E-state index in [2.05, 4.69) is 48.1 Å². The van der Waals surface area contributed by atoms with Gasteiger partial charge in [-0.25, -0.2) is 4.99 Å². The topological polar surface area (TPSA) is 103 Å². The molecule has 6 heteroatoms. The molecule has 0 aliphatic heterocycles.